The molecule has 3 fully saturated rings. The van der Waals surface area contributed by atoms with Gasteiger partial charge in [0, 0.05) is 6.07 Å². The number of nitro groups is 1. The van der Waals surface area contributed by atoms with E-state index in [0.29, 0.717) is 11.8 Å². The number of nitro benzene ring substituents is 1. The highest BCUT2D eigenvalue weighted by Crippen LogP contribution is 2.65. The molecule has 6 rings (SSSR count). The van der Waals surface area contributed by atoms with Gasteiger partial charge in [-0.2, -0.15) is 0 Å². The lowest BCUT2D eigenvalue weighted by molar-refractivity contribution is -0.384. The van der Waals surface area contributed by atoms with Gasteiger partial charge in [0.15, 0.2) is 0 Å². The molecule has 6 nitrogen and oxygen atoms in total. The molecule has 0 radical (unpaired) electrons. The van der Waals surface area contributed by atoms with E-state index in [9.17, 15) is 19.7 Å². The number of imide groups is 1. The van der Waals surface area contributed by atoms with Gasteiger partial charge >= 0.3 is 0 Å². The number of rotatable bonds is 2. The van der Waals surface area contributed by atoms with Crippen LogP contribution in [0.5, 0.6) is 0 Å². The standard InChI is InChI=1S/C17H14N2O4/c20-16-14-8-5-6-9(11-7-10(8)11)15(14)17(21)18(16)12-3-1-2-4-13(12)19(22)23/h1-6,8-11,14-15H,7H2/t8-,9-,10-,11-,14-,15+/m0/s1. The number of carbonyl (C=O) groups is 2. The van der Waals surface area contributed by atoms with Crippen molar-refractivity contribution in [2.24, 2.45) is 35.5 Å². The van der Waals surface area contributed by atoms with Crippen molar-refractivity contribution in [3.63, 3.8) is 0 Å². The van der Waals surface area contributed by atoms with Crippen molar-refractivity contribution in [3.8, 4) is 0 Å². The minimum atomic E-state index is -0.539. The lowest BCUT2D eigenvalue weighted by Gasteiger charge is -2.37. The first-order valence-electron chi connectivity index (χ1n) is 7.89. The van der Waals surface area contributed by atoms with Crippen LogP contribution in [-0.4, -0.2) is 16.7 Å². The van der Waals surface area contributed by atoms with Gasteiger partial charge in [0.25, 0.3) is 5.69 Å². The molecular weight excluding hydrogens is 296 g/mol. The van der Waals surface area contributed by atoms with Gasteiger partial charge in [-0.25, -0.2) is 4.90 Å². The minimum absolute atomic E-state index is 0.106. The summed E-state index contributed by atoms with van der Waals surface area (Å²) in [5.74, 6) is 0.0981. The number of hydrogen-bond acceptors (Lipinski definition) is 4. The largest absolute Gasteiger partial charge is 0.293 e. The van der Waals surface area contributed by atoms with Crippen molar-refractivity contribution in [1.29, 1.82) is 0 Å². The topological polar surface area (TPSA) is 80.5 Å². The molecule has 0 unspecified atom stereocenters. The van der Waals surface area contributed by atoms with E-state index in [2.05, 4.69) is 12.2 Å². The molecule has 1 aromatic rings. The molecule has 0 N–H and O–H groups in total. The van der Waals surface area contributed by atoms with Gasteiger partial charge in [-0.3, -0.25) is 19.7 Å². The Morgan fingerprint density at radius 3 is 2.13 bits per heavy atom. The smallest absolute Gasteiger partial charge is 0.274 e. The first-order valence-corrected chi connectivity index (χ1v) is 7.89. The lowest BCUT2D eigenvalue weighted by atomic mass is 9.63. The SMILES string of the molecule is O=C1[C@@H]2[C@H]3C=C[C@@H]([C@@H]4C[C@@H]34)[C@@H]2C(=O)N1c1ccccc1[N+](=O)[O-]. The van der Waals surface area contributed by atoms with Gasteiger partial charge in [-0.05, 0) is 36.2 Å². The monoisotopic (exact) mass is 310 g/mol. The fraction of sp³-hybridized carbons (Fsp3) is 0.412. The zero-order chi connectivity index (χ0) is 15.9. The molecule has 1 aromatic carbocycles. The fourth-order valence-electron chi connectivity index (χ4n) is 5.00. The second-order valence-corrected chi connectivity index (χ2v) is 6.91. The molecule has 0 spiro atoms. The second kappa shape index (κ2) is 4.07. The van der Waals surface area contributed by atoms with Crippen molar-refractivity contribution in [3.05, 3.63) is 46.5 Å². The molecule has 23 heavy (non-hydrogen) atoms. The number of allylic oxidation sites excluding steroid dienone is 2. The molecule has 1 aliphatic heterocycles. The van der Waals surface area contributed by atoms with Gasteiger partial charge < -0.3 is 0 Å². The van der Waals surface area contributed by atoms with Crippen LogP contribution in [0.3, 0.4) is 0 Å². The van der Waals surface area contributed by atoms with E-state index < -0.39 is 4.92 Å². The number of para-hydroxylation sites is 2. The van der Waals surface area contributed by atoms with Crippen LogP contribution in [0.2, 0.25) is 0 Å². The van der Waals surface area contributed by atoms with Crippen LogP contribution in [-0.2, 0) is 9.59 Å². The van der Waals surface area contributed by atoms with Crippen LogP contribution >= 0.6 is 0 Å². The molecule has 5 aliphatic rings. The Balaban J connectivity index is 1.61. The number of anilines is 1. The number of amides is 2. The third-order valence-corrected chi connectivity index (χ3v) is 5.98. The molecule has 2 saturated carbocycles. The van der Waals surface area contributed by atoms with Crippen molar-refractivity contribution in [2.75, 3.05) is 4.90 Å². The predicted molar refractivity (Wildman–Crippen MR) is 80.3 cm³/mol. The van der Waals surface area contributed by atoms with E-state index in [0.717, 1.165) is 11.3 Å². The number of carbonyl (C=O) groups excluding carboxylic acids is 2. The Kier molecular flexibility index (Phi) is 2.30. The van der Waals surface area contributed by atoms with Gasteiger partial charge in [-0.15, -0.1) is 0 Å². The first-order chi connectivity index (χ1) is 11.1. The molecule has 6 heteroatoms. The maximum absolute atomic E-state index is 12.9. The highest BCUT2D eigenvalue weighted by Gasteiger charge is 2.67. The first kappa shape index (κ1) is 13.0. The van der Waals surface area contributed by atoms with E-state index >= 15 is 0 Å². The average molecular weight is 310 g/mol. The van der Waals surface area contributed by atoms with E-state index in [1.807, 2.05) is 0 Å². The minimum Gasteiger partial charge on any atom is -0.274 e. The van der Waals surface area contributed by atoms with E-state index in [1.165, 1.54) is 12.1 Å². The van der Waals surface area contributed by atoms with Crippen molar-refractivity contribution >= 4 is 23.2 Å². The molecule has 1 saturated heterocycles. The number of hydrogen-bond donors (Lipinski definition) is 0. The normalized spacial score (nSPS) is 39.4. The van der Waals surface area contributed by atoms with Crippen molar-refractivity contribution < 1.29 is 14.5 Å². The maximum Gasteiger partial charge on any atom is 0.293 e. The maximum atomic E-state index is 12.9. The molecule has 1 heterocycles. The summed E-state index contributed by atoms with van der Waals surface area (Å²) in [6.45, 7) is 0. The summed E-state index contributed by atoms with van der Waals surface area (Å²) in [4.78, 5) is 37.6. The molecule has 6 atom stereocenters. The lowest BCUT2D eigenvalue weighted by Crippen LogP contribution is -2.40. The highest BCUT2D eigenvalue weighted by molar-refractivity contribution is 6.23. The summed E-state index contributed by atoms with van der Waals surface area (Å²) in [6, 6.07) is 5.98. The third-order valence-electron chi connectivity index (χ3n) is 5.98. The van der Waals surface area contributed by atoms with E-state index in [1.54, 1.807) is 12.1 Å². The Morgan fingerprint density at radius 2 is 1.57 bits per heavy atom. The van der Waals surface area contributed by atoms with E-state index in [4.69, 9.17) is 0 Å². The van der Waals surface area contributed by atoms with Crippen molar-refractivity contribution in [1.82, 2.24) is 0 Å². The predicted octanol–water partition coefficient (Wildman–Crippen LogP) is 2.15. The van der Waals surface area contributed by atoms with Crippen LogP contribution in [0.15, 0.2) is 36.4 Å². The second-order valence-electron chi connectivity index (χ2n) is 6.91. The Hall–Kier alpha value is -2.50. The summed E-state index contributed by atoms with van der Waals surface area (Å²) in [7, 11) is 0. The summed E-state index contributed by atoms with van der Waals surface area (Å²) in [5.41, 5.74) is -0.0896. The summed E-state index contributed by atoms with van der Waals surface area (Å²) in [6.07, 6.45) is 5.28. The molecule has 4 aliphatic carbocycles. The summed E-state index contributed by atoms with van der Waals surface area (Å²) < 4.78 is 0. The van der Waals surface area contributed by atoms with E-state index in [-0.39, 0.29) is 46.9 Å². The van der Waals surface area contributed by atoms with Crippen LogP contribution < -0.4 is 4.90 Å². The zero-order valence-electron chi connectivity index (χ0n) is 12.2. The molecule has 116 valence electrons. The molecule has 2 amide bonds. The van der Waals surface area contributed by atoms with Gasteiger partial charge in [0.05, 0.1) is 16.8 Å². The molecule has 0 aromatic heterocycles. The van der Waals surface area contributed by atoms with Gasteiger partial charge in [-0.1, -0.05) is 24.3 Å². The number of nitrogens with zero attached hydrogens (tertiary/aromatic N) is 2. The Bertz CT molecular complexity index is 766. The van der Waals surface area contributed by atoms with Crippen LogP contribution in [0.1, 0.15) is 6.42 Å². The summed E-state index contributed by atoms with van der Waals surface area (Å²) in [5, 5.41) is 11.3. The third kappa shape index (κ3) is 1.48. The van der Waals surface area contributed by atoms with Gasteiger partial charge in [0.2, 0.25) is 11.8 Å². The summed E-state index contributed by atoms with van der Waals surface area (Å²) >= 11 is 0. The van der Waals surface area contributed by atoms with Crippen LogP contribution in [0, 0.1) is 45.6 Å². The number of benzene rings is 1. The average Bonchev–Trinajstić information content (AvgIpc) is 3.32. The Labute approximate surface area is 131 Å². The highest BCUT2D eigenvalue weighted by atomic mass is 16.6. The van der Waals surface area contributed by atoms with Crippen LogP contribution in [0.4, 0.5) is 11.4 Å². The molecule has 2 bridgehead atoms. The molecular formula is C17H14N2O4. The fourth-order valence-corrected chi connectivity index (χ4v) is 5.00. The quantitative estimate of drug-likeness (QED) is 0.363. The van der Waals surface area contributed by atoms with Crippen LogP contribution in [0.25, 0.3) is 0 Å². The Morgan fingerprint density at radius 1 is 1.00 bits per heavy atom. The zero-order valence-corrected chi connectivity index (χ0v) is 12.2. The van der Waals surface area contributed by atoms with Gasteiger partial charge in [0.1, 0.15) is 5.69 Å². The van der Waals surface area contributed by atoms with Crippen molar-refractivity contribution in [2.45, 2.75) is 6.42 Å².